The molecule has 0 spiro atoms. The van der Waals surface area contributed by atoms with Crippen LogP contribution in [0.4, 0.5) is 21.4 Å². The molecule has 0 bridgehead atoms. The van der Waals surface area contributed by atoms with Gasteiger partial charge in [-0.2, -0.15) is 0 Å². The summed E-state index contributed by atoms with van der Waals surface area (Å²) < 4.78 is 5.23. The van der Waals surface area contributed by atoms with Crippen LogP contribution in [0.2, 0.25) is 0 Å². The lowest BCUT2D eigenvalue weighted by Gasteiger charge is -2.36. The highest BCUT2D eigenvalue weighted by molar-refractivity contribution is 7.13. The van der Waals surface area contributed by atoms with Crippen LogP contribution in [0.15, 0.2) is 54.0 Å². The summed E-state index contributed by atoms with van der Waals surface area (Å²) in [7, 11) is 1.66. The van der Waals surface area contributed by atoms with Crippen LogP contribution in [0.3, 0.4) is 0 Å². The summed E-state index contributed by atoms with van der Waals surface area (Å²) in [5.41, 5.74) is 1.81. The first kappa shape index (κ1) is 24.8. The highest BCUT2D eigenvalue weighted by atomic mass is 32.1. The number of amides is 3. The third-order valence-electron chi connectivity index (χ3n) is 6.71. The molecule has 2 fully saturated rings. The van der Waals surface area contributed by atoms with Crippen LogP contribution in [-0.4, -0.2) is 91.2 Å². The smallest absolute Gasteiger partial charge is 0.323 e. The average molecular weight is 522 g/mol. The van der Waals surface area contributed by atoms with E-state index in [0.717, 1.165) is 43.4 Å². The summed E-state index contributed by atoms with van der Waals surface area (Å²) >= 11 is 1.35. The van der Waals surface area contributed by atoms with E-state index < -0.39 is 0 Å². The zero-order chi connectivity index (χ0) is 25.6. The number of nitrogens with one attached hydrogen (secondary N) is 1. The molecule has 194 valence electrons. The van der Waals surface area contributed by atoms with E-state index in [-0.39, 0.29) is 18.4 Å². The van der Waals surface area contributed by atoms with Crippen molar-refractivity contribution in [1.82, 2.24) is 19.8 Å². The first-order valence-corrected chi connectivity index (χ1v) is 13.3. The second-order valence-corrected chi connectivity index (χ2v) is 9.84. The quantitative estimate of drug-likeness (QED) is 0.533. The van der Waals surface area contributed by atoms with Crippen LogP contribution in [-0.2, 0) is 11.2 Å². The molecule has 1 N–H and O–H groups in total. The number of rotatable bonds is 6. The van der Waals surface area contributed by atoms with Crippen LogP contribution in [0.5, 0.6) is 5.75 Å². The molecule has 2 aromatic heterocycles. The maximum absolute atomic E-state index is 12.9. The molecule has 11 heteroatoms. The van der Waals surface area contributed by atoms with Gasteiger partial charge in [0, 0.05) is 69.6 Å². The Morgan fingerprint density at radius 3 is 2.30 bits per heavy atom. The molecule has 2 aliphatic heterocycles. The van der Waals surface area contributed by atoms with E-state index in [0.29, 0.717) is 37.0 Å². The lowest BCUT2D eigenvalue weighted by molar-refractivity contribution is -0.130. The molecule has 5 rings (SSSR count). The minimum atomic E-state index is -0.164. The Labute approximate surface area is 220 Å². The minimum Gasteiger partial charge on any atom is -0.497 e. The van der Waals surface area contributed by atoms with E-state index in [1.165, 1.54) is 11.3 Å². The number of anilines is 3. The molecule has 0 aliphatic carbocycles. The highest BCUT2D eigenvalue weighted by Gasteiger charge is 2.24. The Bertz CT molecular complexity index is 1190. The second-order valence-electron chi connectivity index (χ2n) is 8.98. The van der Waals surface area contributed by atoms with Crippen LogP contribution >= 0.6 is 11.3 Å². The molecule has 2 saturated heterocycles. The maximum Gasteiger partial charge on any atom is 0.323 e. The molecular formula is C26H31N7O3S. The fourth-order valence-electron chi connectivity index (χ4n) is 4.57. The van der Waals surface area contributed by atoms with Gasteiger partial charge in [-0.1, -0.05) is 6.07 Å². The Balaban J connectivity index is 1.06. The normalized spacial score (nSPS) is 16.0. The lowest BCUT2D eigenvalue weighted by Crippen LogP contribution is -2.50. The van der Waals surface area contributed by atoms with E-state index in [1.54, 1.807) is 18.2 Å². The van der Waals surface area contributed by atoms with Crippen molar-refractivity contribution < 1.29 is 14.3 Å². The third kappa shape index (κ3) is 6.11. The van der Waals surface area contributed by atoms with Crippen LogP contribution in [0, 0.1) is 0 Å². The van der Waals surface area contributed by atoms with E-state index in [1.807, 2.05) is 52.7 Å². The zero-order valence-electron chi connectivity index (χ0n) is 20.9. The summed E-state index contributed by atoms with van der Waals surface area (Å²) in [4.78, 5) is 42.6. The van der Waals surface area contributed by atoms with Crippen LogP contribution in [0.25, 0.3) is 0 Å². The number of hydrogen-bond donors (Lipinski definition) is 1. The topological polar surface area (TPSA) is 94.1 Å². The fraction of sp³-hybridized carbons (Fsp3) is 0.385. The van der Waals surface area contributed by atoms with E-state index in [9.17, 15) is 9.59 Å². The van der Waals surface area contributed by atoms with Crippen LogP contribution < -0.4 is 19.9 Å². The van der Waals surface area contributed by atoms with Crippen molar-refractivity contribution in [3.05, 3.63) is 59.7 Å². The molecule has 37 heavy (non-hydrogen) atoms. The first-order chi connectivity index (χ1) is 18.1. The number of benzene rings is 1. The number of pyridine rings is 1. The Morgan fingerprint density at radius 2 is 1.62 bits per heavy atom. The summed E-state index contributed by atoms with van der Waals surface area (Å²) in [6.45, 7) is 5.59. The molecule has 0 unspecified atom stereocenters. The summed E-state index contributed by atoms with van der Waals surface area (Å²) in [6.07, 6.45) is 2.01. The Morgan fingerprint density at radius 1 is 0.919 bits per heavy atom. The summed E-state index contributed by atoms with van der Waals surface area (Å²) in [5.74, 6) is 1.82. The van der Waals surface area contributed by atoms with Crippen molar-refractivity contribution >= 4 is 39.9 Å². The van der Waals surface area contributed by atoms with Crippen LogP contribution in [0.1, 0.15) is 5.69 Å². The van der Waals surface area contributed by atoms with Gasteiger partial charge in [0.15, 0.2) is 5.13 Å². The maximum atomic E-state index is 12.9. The van der Waals surface area contributed by atoms with Gasteiger partial charge in [-0.05, 0) is 36.4 Å². The third-order valence-corrected chi connectivity index (χ3v) is 7.51. The van der Waals surface area contributed by atoms with Gasteiger partial charge < -0.3 is 24.3 Å². The van der Waals surface area contributed by atoms with Gasteiger partial charge >= 0.3 is 6.03 Å². The number of thiazole rings is 1. The first-order valence-electron chi connectivity index (χ1n) is 12.4. The van der Waals surface area contributed by atoms with Gasteiger partial charge in [0.2, 0.25) is 5.91 Å². The molecular weight excluding hydrogens is 490 g/mol. The molecule has 1 aromatic carbocycles. The van der Waals surface area contributed by atoms with Gasteiger partial charge in [0.05, 0.1) is 19.2 Å². The largest absolute Gasteiger partial charge is 0.497 e. The van der Waals surface area contributed by atoms with E-state index >= 15 is 0 Å². The van der Waals surface area contributed by atoms with Crippen molar-refractivity contribution in [2.24, 2.45) is 0 Å². The number of piperazine rings is 2. The molecule has 10 nitrogen and oxygen atoms in total. The van der Waals surface area contributed by atoms with Gasteiger partial charge in [0.1, 0.15) is 11.6 Å². The second kappa shape index (κ2) is 11.5. The molecule has 3 aromatic rings. The van der Waals surface area contributed by atoms with Gasteiger partial charge in [-0.25, -0.2) is 14.8 Å². The Kier molecular flexibility index (Phi) is 7.69. The molecule has 4 heterocycles. The molecule has 3 amide bonds. The van der Waals surface area contributed by atoms with Gasteiger partial charge in [-0.3, -0.25) is 10.1 Å². The van der Waals surface area contributed by atoms with Crippen molar-refractivity contribution in [2.45, 2.75) is 6.42 Å². The lowest BCUT2D eigenvalue weighted by atomic mass is 10.2. The monoisotopic (exact) mass is 521 g/mol. The SMILES string of the molecule is COc1ccc(N2CCN(C(=O)Cc3csc(NC(=O)N4CCN(c5ccccn5)CC4)n3)CC2)cc1. The number of carbonyl (C=O) groups is 2. The molecule has 0 atom stereocenters. The standard InChI is InChI=1S/C26H31N7O3S/c1-36-22-7-5-21(6-8-22)30-10-14-32(15-11-30)24(34)18-20-19-37-25(28-20)29-26(35)33-16-12-31(13-17-33)23-4-2-3-9-27-23/h2-9,19H,10-18H2,1H3,(H,28,29,35). The van der Waals surface area contributed by atoms with Crippen molar-refractivity contribution in [2.75, 3.05) is 74.6 Å². The number of ether oxygens (including phenoxy) is 1. The predicted octanol–water partition coefficient (Wildman–Crippen LogP) is 2.79. The van der Waals surface area contributed by atoms with Gasteiger partial charge in [-0.15, -0.1) is 11.3 Å². The molecule has 0 radical (unpaired) electrons. The Hall–Kier alpha value is -3.86. The summed E-state index contributed by atoms with van der Waals surface area (Å²) in [5, 5.41) is 5.26. The number of urea groups is 1. The molecule has 0 saturated carbocycles. The number of nitrogens with zero attached hydrogens (tertiary/aromatic N) is 6. The van der Waals surface area contributed by atoms with E-state index in [2.05, 4.69) is 25.1 Å². The number of methoxy groups -OCH3 is 1. The van der Waals surface area contributed by atoms with Crippen molar-refractivity contribution in [1.29, 1.82) is 0 Å². The van der Waals surface area contributed by atoms with Gasteiger partial charge in [0.25, 0.3) is 0 Å². The van der Waals surface area contributed by atoms with E-state index in [4.69, 9.17) is 4.74 Å². The highest BCUT2D eigenvalue weighted by Crippen LogP contribution is 2.22. The van der Waals surface area contributed by atoms with Crippen molar-refractivity contribution in [3.8, 4) is 5.75 Å². The number of hydrogen-bond acceptors (Lipinski definition) is 8. The minimum absolute atomic E-state index is 0.0585. The average Bonchev–Trinajstić information content (AvgIpc) is 3.40. The molecule has 2 aliphatic rings. The fourth-order valence-corrected chi connectivity index (χ4v) is 5.27. The zero-order valence-corrected chi connectivity index (χ0v) is 21.7. The number of carbonyl (C=O) groups excluding carboxylic acids is 2. The summed E-state index contributed by atoms with van der Waals surface area (Å²) in [6, 6.07) is 13.7. The van der Waals surface area contributed by atoms with Crippen molar-refractivity contribution in [3.63, 3.8) is 0 Å². The predicted molar refractivity (Wildman–Crippen MR) is 145 cm³/mol. The number of aromatic nitrogens is 2.